The molecule has 4 heterocycles. The molecular weight excluding hydrogens is 447 g/mol. The summed E-state index contributed by atoms with van der Waals surface area (Å²) in [5.41, 5.74) is 5.49. The number of halogens is 1. The summed E-state index contributed by atoms with van der Waals surface area (Å²) in [4.78, 5) is 29.9. The lowest BCUT2D eigenvalue weighted by atomic mass is 9.88. The van der Waals surface area contributed by atoms with Crippen LogP contribution in [0.4, 0.5) is 4.39 Å². The van der Waals surface area contributed by atoms with Gasteiger partial charge in [0.25, 0.3) is 0 Å². The summed E-state index contributed by atoms with van der Waals surface area (Å²) in [6, 6.07) is 2.70. The van der Waals surface area contributed by atoms with E-state index in [0.29, 0.717) is 24.5 Å². The highest BCUT2D eigenvalue weighted by molar-refractivity contribution is 7.96. The number of ketones is 1. The van der Waals surface area contributed by atoms with Crippen molar-refractivity contribution < 1.29 is 18.1 Å². The molecule has 0 fully saturated rings. The van der Waals surface area contributed by atoms with Gasteiger partial charge in [0.15, 0.2) is 5.78 Å². The molecule has 0 bridgehead atoms. The number of nitrogens with two attached hydrogens (primary N) is 1. The molecule has 0 amide bonds. The standard InChI is InChI=1S/C22H27FN6O3S/c1-21(2)20(24)29-22(3,17-6-5-9-27-33(17,21)31)19-14(23)8-7-13(28-19)10-16(30)15-11-26-18(32-4)12-25-15/h7-8,11-12,17H,5-6,9-10H2,1-4H3,(H2,24,29)/t17-,22+,33-/m1/s1. The Morgan fingerprint density at radius 2 is 2.03 bits per heavy atom. The van der Waals surface area contributed by atoms with Crippen LogP contribution in [0.25, 0.3) is 0 Å². The van der Waals surface area contributed by atoms with Crippen molar-refractivity contribution in [2.75, 3.05) is 13.7 Å². The van der Waals surface area contributed by atoms with E-state index in [4.69, 9.17) is 10.5 Å². The number of fused-ring (bicyclic) bond motifs is 1. The Balaban J connectivity index is 1.75. The van der Waals surface area contributed by atoms with Gasteiger partial charge in [-0.25, -0.2) is 22.9 Å². The van der Waals surface area contributed by atoms with Gasteiger partial charge >= 0.3 is 0 Å². The topological polar surface area (TPSA) is 133 Å². The van der Waals surface area contributed by atoms with Gasteiger partial charge in [0.05, 0.1) is 40.9 Å². The first-order chi connectivity index (χ1) is 15.5. The molecule has 2 aromatic heterocycles. The van der Waals surface area contributed by atoms with E-state index in [1.54, 1.807) is 20.8 Å². The first kappa shape index (κ1) is 23.2. The van der Waals surface area contributed by atoms with E-state index in [-0.39, 0.29) is 29.4 Å². The molecule has 2 aliphatic heterocycles. The number of ether oxygens (including phenoxy) is 1. The molecule has 2 aromatic rings. The number of rotatable bonds is 5. The molecule has 2 aliphatic rings. The maximum atomic E-state index is 15.1. The second kappa shape index (κ2) is 8.12. The van der Waals surface area contributed by atoms with Crippen LogP contribution in [0.3, 0.4) is 0 Å². The Bertz CT molecular complexity index is 1250. The van der Waals surface area contributed by atoms with Crippen LogP contribution < -0.4 is 10.5 Å². The van der Waals surface area contributed by atoms with E-state index in [1.807, 2.05) is 0 Å². The zero-order valence-corrected chi connectivity index (χ0v) is 19.9. The average Bonchev–Trinajstić information content (AvgIpc) is 2.79. The van der Waals surface area contributed by atoms with Gasteiger partial charge in [-0.1, -0.05) is 0 Å². The number of pyridine rings is 1. The molecule has 0 unspecified atom stereocenters. The van der Waals surface area contributed by atoms with E-state index in [0.717, 1.165) is 6.42 Å². The minimum absolute atomic E-state index is 0.0156. The van der Waals surface area contributed by atoms with Gasteiger partial charge in [0.2, 0.25) is 5.88 Å². The van der Waals surface area contributed by atoms with Crippen LogP contribution in [0.5, 0.6) is 5.88 Å². The van der Waals surface area contributed by atoms with Crippen molar-refractivity contribution in [3.63, 3.8) is 0 Å². The smallest absolute Gasteiger partial charge is 0.232 e. The summed E-state index contributed by atoms with van der Waals surface area (Å²) in [6.07, 6.45) is 3.84. The van der Waals surface area contributed by atoms with E-state index in [2.05, 4.69) is 24.3 Å². The van der Waals surface area contributed by atoms with Crippen molar-refractivity contribution in [3.05, 3.63) is 47.4 Å². The number of aliphatic imine (C=N–C) groups is 1. The first-order valence-electron chi connectivity index (χ1n) is 10.6. The molecule has 4 rings (SSSR count). The molecular formula is C22H27FN6O3S. The SMILES string of the molecule is COc1cnc(C(=O)Cc2ccc(F)c([C@@]3(C)N=C(N)C(C)(C)[S@@]4(=O)=NCCC[C@H]34)n2)cn1. The van der Waals surface area contributed by atoms with Crippen LogP contribution in [-0.2, 0) is 21.7 Å². The van der Waals surface area contributed by atoms with Crippen molar-refractivity contribution in [1.29, 1.82) is 0 Å². The van der Waals surface area contributed by atoms with Gasteiger partial charge in [-0.15, -0.1) is 0 Å². The third kappa shape index (κ3) is 3.68. The zero-order valence-electron chi connectivity index (χ0n) is 19.0. The third-order valence-electron chi connectivity index (χ3n) is 6.47. The molecule has 176 valence electrons. The number of amidine groups is 1. The summed E-state index contributed by atoms with van der Waals surface area (Å²) in [5, 5.41) is -0.554. The van der Waals surface area contributed by atoms with Crippen LogP contribution >= 0.6 is 0 Å². The molecule has 33 heavy (non-hydrogen) atoms. The molecule has 0 aromatic carbocycles. The van der Waals surface area contributed by atoms with Gasteiger partial charge in [-0.2, -0.15) is 0 Å². The van der Waals surface area contributed by atoms with Crippen LogP contribution in [0, 0.1) is 5.82 Å². The summed E-state index contributed by atoms with van der Waals surface area (Å²) in [7, 11) is -1.40. The van der Waals surface area contributed by atoms with Crippen molar-refractivity contribution >= 4 is 21.3 Å². The Morgan fingerprint density at radius 1 is 1.27 bits per heavy atom. The second-order valence-electron chi connectivity index (χ2n) is 8.88. The minimum Gasteiger partial charge on any atom is -0.480 e. The van der Waals surface area contributed by atoms with Gasteiger partial charge in [-0.3, -0.25) is 14.8 Å². The van der Waals surface area contributed by atoms with E-state index in [9.17, 15) is 9.00 Å². The fourth-order valence-electron chi connectivity index (χ4n) is 4.40. The molecule has 0 saturated carbocycles. The van der Waals surface area contributed by atoms with Crippen LogP contribution in [0.2, 0.25) is 0 Å². The monoisotopic (exact) mass is 474 g/mol. The highest BCUT2D eigenvalue weighted by Crippen LogP contribution is 2.46. The number of aromatic nitrogens is 3. The maximum absolute atomic E-state index is 15.1. The van der Waals surface area contributed by atoms with Gasteiger partial charge < -0.3 is 10.5 Å². The Hall–Kier alpha value is -2.95. The lowest BCUT2D eigenvalue weighted by molar-refractivity contribution is 0.0986. The minimum atomic E-state index is -2.85. The van der Waals surface area contributed by atoms with Crippen LogP contribution in [-0.4, -0.2) is 54.4 Å². The van der Waals surface area contributed by atoms with E-state index >= 15 is 4.39 Å². The molecule has 0 radical (unpaired) electrons. The Morgan fingerprint density at radius 3 is 2.70 bits per heavy atom. The highest BCUT2D eigenvalue weighted by Gasteiger charge is 2.56. The number of methoxy groups -OCH3 is 1. The number of carbonyl (C=O) groups is 1. The van der Waals surface area contributed by atoms with Gasteiger partial charge in [0, 0.05) is 12.2 Å². The van der Waals surface area contributed by atoms with Crippen molar-refractivity contribution in [1.82, 2.24) is 15.0 Å². The molecule has 3 atom stereocenters. The largest absolute Gasteiger partial charge is 0.480 e. The van der Waals surface area contributed by atoms with Crippen molar-refractivity contribution in [2.45, 2.75) is 55.6 Å². The summed E-state index contributed by atoms with van der Waals surface area (Å²) in [6.45, 7) is 5.70. The predicted molar refractivity (Wildman–Crippen MR) is 122 cm³/mol. The Labute approximate surface area is 192 Å². The maximum Gasteiger partial charge on any atom is 0.232 e. The molecule has 0 saturated heterocycles. The molecule has 9 nitrogen and oxygen atoms in total. The quantitative estimate of drug-likeness (QED) is 0.658. The summed E-state index contributed by atoms with van der Waals surface area (Å²) < 4.78 is 37.7. The van der Waals surface area contributed by atoms with Crippen LogP contribution in [0.15, 0.2) is 33.9 Å². The van der Waals surface area contributed by atoms with Gasteiger partial charge in [0.1, 0.15) is 33.3 Å². The fourth-order valence-corrected chi connectivity index (χ4v) is 7.64. The van der Waals surface area contributed by atoms with E-state index in [1.165, 1.54) is 31.6 Å². The van der Waals surface area contributed by atoms with Crippen LogP contribution in [0.1, 0.15) is 55.5 Å². The fraction of sp³-hybridized carbons (Fsp3) is 0.500. The lowest BCUT2D eigenvalue weighted by Gasteiger charge is -2.47. The lowest BCUT2D eigenvalue weighted by Crippen LogP contribution is -2.60. The number of Topliss-reactive ketones (excluding diaryl/α,β-unsaturated/α-hetero) is 1. The number of carbonyl (C=O) groups excluding carboxylic acids is 1. The number of hydrogen-bond donors (Lipinski definition) is 1. The molecule has 0 spiro atoms. The normalized spacial score (nSPS) is 28.3. The van der Waals surface area contributed by atoms with Crippen molar-refractivity contribution in [2.24, 2.45) is 15.1 Å². The Kier molecular flexibility index (Phi) is 5.71. The molecule has 11 heteroatoms. The average molecular weight is 475 g/mol. The first-order valence-corrected chi connectivity index (χ1v) is 12.2. The van der Waals surface area contributed by atoms with Gasteiger partial charge in [-0.05, 0) is 45.7 Å². The number of hydrogen-bond acceptors (Lipinski definition) is 9. The second-order valence-corrected chi connectivity index (χ2v) is 11.9. The third-order valence-corrected chi connectivity index (χ3v) is 10.2. The number of nitrogens with zero attached hydrogens (tertiary/aromatic N) is 5. The molecule has 2 N–H and O–H groups in total. The zero-order chi connectivity index (χ0) is 24.0. The predicted octanol–water partition coefficient (Wildman–Crippen LogP) is 2.44. The summed E-state index contributed by atoms with van der Waals surface area (Å²) >= 11 is 0. The molecule has 0 aliphatic carbocycles. The van der Waals surface area contributed by atoms with Crippen molar-refractivity contribution in [3.8, 4) is 5.88 Å². The van der Waals surface area contributed by atoms with E-state index < -0.39 is 31.1 Å². The summed E-state index contributed by atoms with van der Waals surface area (Å²) in [5.74, 6) is -0.474. The highest BCUT2D eigenvalue weighted by atomic mass is 32.2.